The van der Waals surface area contributed by atoms with Crippen LogP contribution in [0.5, 0.6) is 0 Å². The van der Waals surface area contributed by atoms with E-state index in [1.165, 1.54) is 12.4 Å². The molecule has 190 valence electrons. The molecule has 13 heteroatoms. The van der Waals surface area contributed by atoms with Crippen LogP contribution in [-0.2, 0) is 20.0 Å². The molecular formula is C24H19ClF3N7O2. The first kappa shape index (κ1) is 24.5. The molecule has 1 aliphatic rings. The van der Waals surface area contributed by atoms with Crippen molar-refractivity contribution in [3.63, 3.8) is 0 Å². The van der Waals surface area contributed by atoms with Gasteiger partial charge in [0.1, 0.15) is 5.82 Å². The van der Waals surface area contributed by atoms with Gasteiger partial charge in [0.15, 0.2) is 11.6 Å². The fourth-order valence-corrected chi connectivity index (χ4v) is 4.38. The molecule has 9 nitrogen and oxygen atoms in total. The van der Waals surface area contributed by atoms with E-state index in [1.54, 1.807) is 30.8 Å². The van der Waals surface area contributed by atoms with Crippen molar-refractivity contribution in [1.29, 1.82) is 0 Å². The highest BCUT2D eigenvalue weighted by Crippen LogP contribution is 2.27. The Bertz CT molecular complexity index is 1690. The molecule has 1 aliphatic carbocycles. The Morgan fingerprint density at radius 1 is 1.11 bits per heavy atom. The molecule has 37 heavy (non-hydrogen) atoms. The van der Waals surface area contributed by atoms with Crippen LogP contribution >= 0.6 is 11.6 Å². The standard InChI is InChI=1S/C24H19ClF3N7O2/c1-12-3-15(9-29-8-12)35-23(36)31-22(30-21-5-14-10-33(2)32-20(14)6-16(21)25)34(24(35)37)11-13-4-18(27)19(28)7-17(13)26/h3-4,6-10,21H,5,11H2,1-2H3,(H,30,31,36). The summed E-state index contributed by atoms with van der Waals surface area (Å²) in [5.74, 6) is -3.94. The summed E-state index contributed by atoms with van der Waals surface area (Å²) in [6, 6.07) is 2.00. The number of aryl methyl sites for hydroxylation is 2. The van der Waals surface area contributed by atoms with E-state index >= 15 is 0 Å². The molecule has 0 amide bonds. The summed E-state index contributed by atoms with van der Waals surface area (Å²) in [6.07, 6.45) is 6.66. The molecule has 0 spiro atoms. The molecule has 0 aliphatic heterocycles. The summed E-state index contributed by atoms with van der Waals surface area (Å²) in [5, 5.41) is 7.64. The van der Waals surface area contributed by atoms with Gasteiger partial charge in [0.2, 0.25) is 5.95 Å². The summed E-state index contributed by atoms with van der Waals surface area (Å²) >= 11 is 6.46. The summed E-state index contributed by atoms with van der Waals surface area (Å²) in [4.78, 5) is 34.6. The molecule has 0 radical (unpaired) electrons. The number of hydrogen-bond donors (Lipinski definition) is 1. The van der Waals surface area contributed by atoms with E-state index in [9.17, 15) is 22.8 Å². The number of anilines is 1. The van der Waals surface area contributed by atoms with E-state index < -0.39 is 41.4 Å². The number of fused-ring (bicyclic) bond motifs is 1. The van der Waals surface area contributed by atoms with Gasteiger partial charge in [-0.05, 0) is 36.3 Å². The predicted molar refractivity (Wildman–Crippen MR) is 130 cm³/mol. The Morgan fingerprint density at radius 3 is 2.62 bits per heavy atom. The number of pyridine rings is 1. The Kier molecular flexibility index (Phi) is 6.20. The first-order chi connectivity index (χ1) is 17.6. The fraction of sp³-hybridized carbons (Fsp3) is 0.208. The SMILES string of the molecule is Cc1cncc(-n2c(=O)nc(NC3Cc4cn(C)nc4C=C3Cl)n(Cc3cc(F)c(F)cc3F)c2=O)c1. The van der Waals surface area contributed by atoms with Crippen LogP contribution in [0.25, 0.3) is 11.8 Å². The molecule has 4 aromatic rings. The van der Waals surface area contributed by atoms with Crippen LogP contribution in [-0.4, -0.2) is 34.9 Å². The number of halogens is 4. The zero-order valence-electron chi connectivity index (χ0n) is 19.5. The van der Waals surface area contributed by atoms with Crippen molar-refractivity contribution in [3.05, 3.63) is 103 Å². The zero-order chi connectivity index (χ0) is 26.4. The topological polar surface area (TPSA) is 99.6 Å². The number of hydrogen-bond acceptors (Lipinski definition) is 6. The summed E-state index contributed by atoms with van der Waals surface area (Å²) < 4.78 is 45.3. The normalized spacial score (nSPS) is 14.9. The molecule has 5 rings (SSSR count). The largest absolute Gasteiger partial charge is 0.359 e. The number of nitrogens with zero attached hydrogens (tertiary/aromatic N) is 6. The van der Waals surface area contributed by atoms with Crippen molar-refractivity contribution in [3.8, 4) is 5.69 Å². The summed E-state index contributed by atoms with van der Waals surface area (Å²) in [7, 11) is 1.76. The van der Waals surface area contributed by atoms with Crippen LogP contribution in [0.2, 0.25) is 0 Å². The van der Waals surface area contributed by atoms with E-state index in [0.29, 0.717) is 34.8 Å². The molecule has 0 bridgehead atoms. The van der Waals surface area contributed by atoms with Crippen LogP contribution in [0.15, 0.2) is 51.4 Å². The molecule has 1 unspecified atom stereocenters. The van der Waals surface area contributed by atoms with Crippen molar-refractivity contribution in [2.75, 3.05) is 5.32 Å². The van der Waals surface area contributed by atoms with Gasteiger partial charge >= 0.3 is 11.4 Å². The zero-order valence-corrected chi connectivity index (χ0v) is 20.3. The van der Waals surface area contributed by atoms with Crippen LogP contribution in [0.1, 0.15) is 22.4 Å². The predicted octanol–water partition coefficient (Wildman–Crippen LogP) is 2.91. The van der Waals surface area contributed by atoms with Crippen molar-refractivity contribution >= 4 is 23.6 Å². The van der Waals surface area contributed by atoms with E-state index in [1.807, 2.05) is 6.20 Å². The van der Waals surface area contributed by atoms with E-state index in [-0.39, 0.29) is 17.2 Å². The second kappa shape index (κ2) is 9.36. The van der Waals surface area contributed by atoms with E-state index in [4.69, 9.17) is 11.6 Å². The molecule has 3 heterocycles. The van der Waals surface area contributed by atoms with Crippen LogP contribution < -0.4 is 16.7 Å². The van der Waals surface area contributed by atoms with Gasteiger partial charge in [-0.15, -0.1) is 0 Å². The van der Waals surface area contributed by atoms with Gasteiger partial charge in [0.25, 0.3) is 0 Å². The van der Waals surface area contributed by atoms with Crippen molar-refractivity contribution < 1.29 is 13.2 Å². The second-order valence-corrected chi connectivity index (χ2v) is 9.08. The first-order valence-corrected chi connectivity index (χ1v) is 11.4. The van der Waals surface area contributed by atoms with Crippen molar-refractivity contribution in [2.45, 2.75) is 25.9 Å². The Hall–Kier alpha value is -4.19. The monoisotopic (exact) mass is 529 g/mol. The molecule has 1 N–H and O–H groups in total. The third-order valence-corrected chi connectivity index (χ3v) is 6.25. The van der Waals surface area contributed by atoms with E-state index in [2.05, 4.69) is 20.4 Å². The van der Waals surface area contributed by atoms with Gasteiger partial charge in [-0.3, -0.25) is 14.2 Å². The third-order valence-electron chi connectivity index (χ3n) is 5.88. The minimum absolute atomic E-state index is 0.143. The number of rotatable bonds is 5. The molecule has 0 saturated heterocycles. The molecule has 0 saturated carbocycles. The van der Waals surface area contributed by atoms with Crippen LogP contribution in [0.4, 0.5) is 19.1 Å². The average molecular weight is 530 g/mol. The Labute approximate surface area is 212 Å². The highest BCUT2D eigenvalue weighted by molar-refractivity contribution is 6.32. The van der Waals surface area contributed by atoms with Crippen molar-refractivity contribution in [2.24, 2.45) is 7.05 Å². The highest BCUT2D eigenvalue weighted by Gasteiger charge is 2.26. The number of benzene rings is 1. The number of aromatic nitrogens is 6. The van der Waals surface area contributed by atoms with E-state index in [0.717, 1.165) is 14.7 Å². The van der Waals surface area contributed by atoms with Crippen LogP contribution in [0.3, 0.4) is 0 Å². The molecule has 1 atom stereocenters. The van der Waals surface area contributed by atoms with Gasteiger partial charge in [-0.25, -0.2) is 27.3 Å². The molecular weight excluding hydrogens is 511 g/mol. The highest BCUT2D eigenvalue weighted by atomic mass is 35.5. The maximum Gasteiger partial charge on any atom is 0.359 e. The van der Waals surface area contributed by atoms with Gasteiger partial charge in [0, 0.05) is 42.5 Å². The molecule has 0 fully saturated rings. The lowest BCUT2D eigenvalue weighted by Crippen LogP contribution is -2.43. The third kappa shape index (κ3) is 4.67. The second-order valence-electron chi connectivity index (χ2n) is 8.64. The summed E-state index contributed by atoms with van der Waals surface area (Å²) in [6.45, 7) is 1.17. The first-order valence-electron chi connectivity index (χ1n) is 11.1. The Balaban J connectivity index is 1.63. The minimum atomic E-state index is -1.37. The Morgan fingerprint density at radius 2 is 1.86 bits per heavy atom. The maximum absolute atomic E-state index is 14.5. The lowest BCUT2D eigenvalue weighted by atomic mass is 10.0. The van der Waals surface area contributed by atoms with Gasteiger partial charge < -0.3 is 5.32 Å². The van der Waals surface area contributed by atoms with Gasteiger partial charge in [-0.2, -0.15) is 10.1 Å². The maximum atomic E-state index is 14.5. The van der Waals surface area contributed by atoms with Gasteiger partial charge in [0.05, 0.1) is 30.2 Å². The molecule has 3 aromatic heterocycles. The minimum Gasteiger partial charge on any atom is -0.347 e. The van der Waals surface area contributed by atoms with Crippen molar-refractivity contribution in [1.82, 2.24) is 28.9 Å². The van der Waals surface area contributed by atoms with Gasteiger partial charge in [-0.1, -0.05) is 11.6 Å². The molecule has 1 aromatic carbocycles. The lowest BCUT2D eigenvalue weighted by molar-refractivity contribution is 0.486. The number of nitrogens with one attached hydrogen (secondary N) is 1. The lowest BCUT2D eigenvalue weighted by Gasteiger charge is -2.24. The summed E-state index contributed by atoms with van der Waals surface area (Å²) in [5.41, 5.74) is 0.237. The fourth-order valence-electron chi connectivity index (χ4n) is 4.14. The van der Waals surface area contributed by atoms with Crippen LogP contribution in [0, 0.1) is 24.4 Å². The smallest absolute Gasteiger partial charge is 0.347 e. The quantitative estimate of drug-likeness (QED) is 0.399. The average Bonchev–Trinajstić information content (AvgIpc) is 3.18.